The van der Waals surface area contributed by atoms with Gasteiger partial charge in [0.15, 0.2) is 0 Å². The Labute approximate surface area is 98.4 Å². The van der Waals surface area contributed by atoms with Crippen LogP contribution in [0, 0.1) is 5.92 Å². The van der Waals surface area contributed by atoms with E-state index >= 15 is 0 Å². The fraction of sp³-hybridized carbons (Fsp3) is 0.700. The molecule has 1 saturated heterocycles. The highest BCUT2D eigenvalue weighted by Gasteiger charge is 2.34. The summed E-state index contributed by atoms with van der Waals surface area (Å²) in [5, 5.41) is 19.6. The van der Waals surface area contributed by atoms with Gasteiger partial charge >= 0.3 is 5.97 Å². The minimum atomic E-state index is -1.31. The van der Waals surface area contributed by atoms with E-state index in [1.54, 1.807) is 4.90 Å². The Morgan fingerprint density at radius 2 is 2.24 bits per heavy atom. The molecule has 17 heavy (non-hydrogen) atoms. The Hall–Kier alpha value is -1.63. The Kier molecular flexibility index (Phi) is 4.45. The highest BCUT2D eigenvalue weighted by molar-refractivity contribution is 5.91. The number of hydrogen-bond donors (Lipinski definition) is 3. The summed E-state index contributed by atoms with van der Waals surface area (Å²) in [7, 11) is 0. The van der Waals surface area contributed by atoms with Gasteiger partial charge in [-0.05, 0) is 6.92 Å². The molecule has 0 bridgehead atoms. The third-order valence-corrected chi connectivity index (χ3v) is 2.76. The number of carbonyl (C=O) groups excluding carboxylic acids is 2. The second-order valence-corrected chi connectivity index (χ2v) is 3.92. The summed E-state index contributed by atoms with van der Waals surface area (Å²) < 4.78 is 0. The molecule has 2 atom stereocenters. The van der Waals surface area contributed by atoms with Crippen LogP contribution in [0.4, 0.5) is 0 Å². The summed E-state index contributed by atoms with van der Waals surface area (Å²) in [5.41, 5.74) is 0. The van der Waals surface area contributed by atoms with E-state index < -0.39 is 30.4 Å². The maximum atomic E-state index is 11.7. The quantitative estimate of drug-likeness (QED) is 0.541. The lowest BCUT2D eigenvalue weighted by molar-refractivity contribution is -0.143. The lowest BCUT2D eigenvalue weighted by Crippen LogP contribution is -2.46. The molecule has 0 aromatic heterocycles. The van der Waals surface area contributed by atoms with Gasteiger partial charge in [0.2, 0.25) is 11.8 Å². The van der Waals surface area contributed by atoms with Crippen molar-refractivity contribution in [1.29, 1.82) is 0 Å². The molecule has 96 valence electrons. The van der Waals surface area contributed by atoms with Gasteiger partial charge in [-0.1, -0.05) is 0 Å². The van der Waals surface area contributed by atoms with Crippen molar-refractivity contribution in [2.75, 3.05) is 19.7 Å². The summed E-state index contributed by atoms with van der Waals surface area (Å²) in [6, 6.07) is -1.31. The fourth-order valence-corrected chi connectivity index (χ4v) is 1.73. The minimum Gasteiger partial charge on any atom is -0.480 e. The van der Waals surface area contributed by atoms with Gasteiger partial charge in [0.05, 0.1) is 12.5 Å². The number of carboxylic acid groups (broad SMARTS) is 1. The average Bonchev–Trinajstić information content (AvgIpc) is 2.66. The van der Waals surface area contributed by atoms with Gasteiger partial charge in [0.25, 0.3) is 0 Å². The number of nitrogens with one attached hydrogen (secondary N) is 1. The van der Waals surface area contributed by atoms with E-state index in [4.69, 9.17) is 10.2 Å². The van der Waals surface area contributed by atoms with E-state index in [0.717, 1.165) is 0 Å². The first-order chi connectivity index (χ1) is 7.99. The van der Waals surface area contributed by atoms with Gasteiger partial charge in [0.1, 0.15) is 6.04 Å². The van der Waals surface area contributed by atoms with Crippen LogP contribution in [0.25, 0.3) is 0 Å². The number of aliphatic hydroxyl groups is 1. The summed E-state index contributed by atoms with van der Waals surface area (Å²) >= 11 is 0. The number of carbonyl (C=O) groups is 3. The number of likely N-dealkylation sites (tertiary alicyclic amines) is 1. The van der Waals surface area contributed by atoms with Crippen molar-refractivity contribution in [3.63, 3.8) is 0 Å². The highest BCUT2D eigenvalue weighted by Crippen LogP contribution is 2.17. The Balaban J connectivity index is 2.55. The molecule has 0 spiro atoms. The molecule has 1 fully saturated rings. The predicted octanol–water partition coefficient (Wildman–Crippen LogP) is -1.58. The molecular formula is C10H16N2O5. The van der Waals surface area contributed by atoms with Crippen molar-refractivity contribution in [3.05, 3.63) is 0 Å². The normalized spacial score (nSPS) is 21.4. The van der Waals surface area contributed by atoms with Crippen LogP contribution in [0.3, 0.4) is 0 Å². The third kappa shape index (κ3) is 3.16. The number of aliphatic hydroxyl groups excluding tert-OH is 1. The maximum Gasteiger partial charge on any atom is 0.328 e. The summed E-state index contributed by atoms with van der Waals surface area (Å²) in [5.74, 6) is -2.44. The molecule has 0 radical (unpaired) electrons. The zero-order valence-electron chi connectivity index (χ0n) is 9.55. The molecule has 0 saturated carbocycles. The van der Waals surface area contributed by atoms with Crippen molar-refractivity contribution < 1.29 is 24.6 Å². The van der Waals surface area contributed by atoms with Crippen molar-refractivity contribution in [1.82, 2.24) is 10.2 Å². The van der Waals surface area contributed by atoms with E-state index in [-0.39, 0.29) is 12.3 Å². The lowest BCUT2D eigenvalue weighted by atomic mass is 10.1. The molecular weight excluding hydrogens is 228 g/mol. The fourth-order valence-electron chi connectivity index (χ4n) is 1.73. The molecule has 3 N–H and O–H groups in total. The molecule has 1 heterocycles. The van der Waals surface area contributed by atoms with Crippen molar-refractivity contribution in [2.45, 2.75) is 19.4 Å². The standard InChI is InChI=1S/C10H16N2O5/c1-2-12-4-6(3-8(12)14)9(15)11-7(5-13)10(16)17/h6-7,13H,2-5H2,1H3,(H,11,15)(H,16,17)/t6?,7-/m0/s1. The molecule has 1 aliphatic heterocycles. The van der Waals surface area contributed by atoms with Gasteiger partial charge in [-0.3, -0.25) is 9.59 Å². The number of rotatable bonds is 5. The molecule has 0 aromatic rings. The topological polar surface area (TPSA) is 107 Å². The zero-order valence-corrected chi connectivity index (χ0v) is 9.55. The van der Waals surface area contributed by atoms with E-state index in [0.29, 0.717) is 13.1 Å². The molecule has 0 aliphatic carbocycles. The summed E-state index contributed by atoms with van der Waals surface area (Å²) in [6.07, 6.45) is 0.0947. The van der Waals surface area contributed by atoms with E-state index in [2.05, 4.69) is 5.32 Å². The summed E-state index contributed by atoms with van der Waals surface area (Å²) in [4.78, 5) is 35.2. The van der Waals surface area contributed by atoms with Crippen molar-refractivity contribution >= 4 is 17.8 Å². The Morgan fingerprint density at radius 1 is 1.59 bits per heavy atom. The van der Waals surface area contributed by atoms with E-state index in [1.165, 1.54) is 0 Å². The third-order valence-electron chi connectivity index (χ3n) is 2.76. The number of carboxylic acids is 1. The number of nitrogens with zero attached hydrogens (tertiary/aromatic N) is 1. The van der Waals surface area contributed by atoms with Gasteiger partial charge in [-0.25, -0.2) is 4.79 Å². The van der Waals surface area contributed by atoms with Crippen LogP contribution in [0.2, 0.25) is 0 Å². The zero-order chi connectivity index (χ0) is 13.0. The van der Waals surface area contributed by atoms with Crippen LogP contribution in [0.5, 0.6) is 0 Å². The molecule has 1 unspecified atom stereocenters. The minimum absolute atomic E-state index is 0.0947. The molecule has 7 nitrogen and oxygen atoms in total. The second kappa shape index (κ2) is 5.62. The van der Waals surface area contributed by atoms with Crippen LogP contribution in [-0.2, 0) is 14.4 Å². The van der Waals surface area contributed by atoms with Crippen LogP contribution in [-0.4, -0.2) is 58.6 Å². The lowest BCUT2D eigenvalue weighted by Gasteiger charge is -2.16. The highest BCUT2D eigenvalue weighted by atomic mass is 16.4. The van der Waals surface area contributed by atoms with Crippen molar-refractivity contribution in [3.8, 4) is 0 Å². The van der Waals surface area contributed by atoms with Gasteiger partial charge in [-0.15, -0.1) is 0 Å². The van der Waals surface area contributed by atoms with E-state index in [9.17, 15) is 14.4 Å². The molecule has 7 heteroatoms. The smallest absolute Gasteiger partial charge is 0.328 e. The number of aliphatic carboxylic acids is 1. The SMILES string of the molecule is CCN1CC(C(=O)N[C@@H](CO)C(=O)O)CC1=O. The molecule has 0 aromatic carbocycles. The molecule has 1 rings (SSSR count). The number of amides is 2. The number of hydrogen-bond acceptors (Lipinski definition) is 4. The van der Waals surface area contributed by atoms with Crippen LogP contribution in [0.15, 0.2) is 0 Å². The van der Waals surface area contributed by atoms with Crippen LogP contribution in [0.1, 0.15) is 13.3 Å². The monoisotopic (exact) mass is 244 g/mol. The van der Waals surface area contributed by atoms with Gasteiger partial charge in [0, 0.05) is 19.5 Å². The Morgan fingerprint density at radius 3 is 2.65 bits per heavy atom. The first-order valence-corrected chi connectivity index (χ1v) is 5.41. The van der Waals surface area contributed by atoms with Crippen LogP contribution >= 0.6 is 0 Å². The predicted molar refractivity (Wildman–Crippen MR) is 57.0 cm³/mol. The average molecular weight is 244 g/mol. The van der Waals surface area contributed by atoms with Crippen LogP contribution < -0.4 is 5.32 Å². The first-order valence-electron chi connectivity index (χ1n) is 5.41. The van der Waals surface area contributed by atoms with Crippen molar-refractivity contribution in [2.24, 2.45) is 5.92 Å². The van der Waals surface area contributed by atoms with Gasteiger partial charge < -0.3 is 20.4 Å². The summed E-state index contributed by atoms with van der Waals surface area (Å²) in [6.45, 7) is 1.98. The molecule has 2 amide bonds. The second-order valence-electron chi connectivity index (χ2n) is 3.92. The van der Waals surface area contributed by atoms with E-state index in [1.807, 2.05) is 6.92 Å². The largest absolute Gasteiger partial charge is 0.480 e. The maximum absolute atomic E-state index is 11.7. The Bertz CT molecular complexity index is 331. The molecule has 1 aliphatic rings. The van der Waals surface area contributed by atoms with Gasteiger partial charge in [-0.2, -0.15) is 0 Å². The first kappa shape index (κ1) is 13.4.